The molecule has 1 amide bonds. The van der Waals surface area contributed by atoms with Crippen LogP contribution >= 0.6 is 10.7 Å². The summed E-state index contributed by atoms with van der Waals surface area (Å²) < 4.78 is 46.8. The molecule has 1 aromatic heterocycles. The van der Waals surface area contributed by atoms with Gasteiger partial charge in [0.2, 0.25) is 0 Å². The maximum absolute atomic E-state index is 12.1. The predicted molar refractivity (Wildman–Crippen MR) is 52.0 cm³/mol. The van der Waals surface area contributed by atoms with E-state index < -0.39 is 32.8 Å². The molecule has 0 bridgehead atoms. The van der Waals surface area contributed by atoms with Crippen LogP contribution in [0.2, 0.25) is 0 Å². The van der Waals surface area contributed by atoms with Gasteiger partial charge in [0.1, 0.15) is 10.6 Å². The maximum Gasteiger partial charge on any atom is 0.265 e. The Kier molecular flexibility index (Phi) is 3.54. The van der Waals surface area contributed by atoms with E-state index in [0.717, 1.165) is 16.8 Å². The molecule has 0 saturated heterocycles. The fourth-order valence-corrected chi connectivity index (χ4v) is 1.88. The van der Waals surface area contributed by atoms with E-state index in [4.69, 9.17) is 16.4 Å². The highest BCUT2D eigenvalue weighted by Crippen LogP contribution is 2.19. The topological polar surface area (TPSA) is 82.2 Å². The molecule has 16 heavy (non-hydrogen) atoms. The zero-order valence-electron chi connectivity index (χ0n) is 7.73. The summed E-state index contributed by atoms with van der Waals surface area (Å²) in [6, 6.07) is 0.854. The Morgan fingerprint density at radius 3 is 2.50 bits per heavy atom. The van der Waals surface area contributed by atoms with Gasteiger partial charge < -0.3 is 10.3 Å². The largest absolute Gasteiger partial charge is 0.364 e. The third-order valence-electron chi connectivity index (χ3n) is 1.74. The molecular weight excluding hydrogens is 266 g/mol. The third kappa shape index (κ3) is 2.92. The van der Waals surface area contributed by atoms with E-state index in [1.165, 1.54) is 0 Å². The molecule has 1 rings (SSSR count). The first-order valence-corrected chi connectivity index (χ1v) is 6.25. The highest BCUT2D eigenvalue weighted by atomic mass is 35.7. The van der Waals surface area contributed by atoms with Crippen LogP contribution in [0.4, 0.5) is 8.78 Å². The molecule has 0 atom stereocenters. The molecule has 0 spiro atoms. The molecule has 5 nitrogen and oxygen atoms in total. The first-order valence-electron chi connectivity index (χ1n) is 3.94. The Bertz CT molecular complexity index is 512. The molecule has 1 aromatic rings. The first kappa shape index (κ1) is 12.9. The number of hydrogen-bond acceptors (Lipinski definition) is 3. The van der Waals surface area contributed by atoms with E-state index in [-0.39, 0.29) is 5.69 Å². The average molecular weight is 273 g/mol. The number of carbonyl (C=O) groups is 1. The minimum Gasteiger partial charge on any atom is -0.364 e. The lowest BCUT2D eigenvalue weighted by Crippen LogP contribution is -2.18. The number of primary amides is 1. The number of rotatable bonds is 4. The van der Waals surface area contributed by atoms with Gasteiger partial charge in [-0.2, -0.15) is 0 Å². The maximum atomic E-state index is 12.1. The van der Waals surface area contributed by atoms with Crippen LogP contribution in [0.15, 0.2) is 17.2 Å². The molecule has 1 heterocycles. The summed E-state index contributed by atoms with van der Waals surface area (Å²) in [4.78, 5) is 10.4. The summed E-state index contributed by atoms with van der Waals surface area (Å²) in [6.07, 6.45) is -1.90. The smallest absolute Gasteiger partial charge is 0.265 e. The second kappa shape index (κ2) is 4.38. The fraction of sp³-hybridized carbons (Fsp3) is 0.286. The number of aromatic nitrogens is 1. The zero-order valence-corrected chi connectivity index (χ0v) is 9.30. The third-order valence-corrected chi connectivity index (χ3v) is 3.06. The van der Waals surface area contributed by atoms with Gasteiger partial charge in [-0.25, -0.2) is 17.2 Å². The normalized spacial score (nSPS) is 12.0. The van der Waals surface area contributed by atoms with Crippen LogP contribution in [0.5, 0.6) is 0 Å². The molecular formula is C7H7ClF2N2O3S. The van der Waals surface area contributed by atoms with Gasteiger partial charge in [0.25, 0.3) is 21.4 Å². The van der Waals surface area contributed by atoms with Gasteiger partial charge in [0.15, 0.2) is 0 Å². The van der Waals surface area contributed by atoms with Crippen molar-refractivity contribution in [2.24, 2.45) is 5.73 Å². The molecule has 90 valence electrons. The molecule has 0 aromatic carbocycles. The quantitative estimate of drug-likeness (QED) is 0.822. The Labute approximate surface area is 94.2 Å². The number of amides is 1. The standard InChI is InChI=1S/C7H7ClF2N2O3S/c8-16(14,15)4-1-5(7(11)13)12(2-4)3-6(9)10/h1-2,6H,3H2,(H2,11,13). The van der Waals surface area contributed by atoms with Crippen LogP contribution < -0.4 is 5.73 Å². The van der Waals surface area contributed by atoms with Crippen molar-refractivity contribution in [2.75, 3.05) is 0 Å². The average Bonchev–Trinajstić information content (AvgIpc) is 2.45. The molecule has 0 aliphatic rings. The monoisotopic (exact) mass is 272 g/mol. The minimum absolute atomic E-state index is 0.334. The van der Waals surface area contributed by atoms with Gasteiger partial charge >= 0.3 is 0 Å². The Morgan fingerprint density at radius 2 is 2.12 bits per heavy atom. The van der Waals surface area contributed by atoms with Crippen molar-refractivity contribution in [2.45, 2.75) is 17.9 Å². The fourth-order valence-electron chi connectivity index (χ4n) is 1.12. The molecule has 0 aliphatic heterocycles. The highest BCUT2D eigenvalue weighted by molar-refractivity contribution is 8.13. The molecule has 0 aliphatic carbocycles. The van der Waals surface area contributed by atoms with Crippen molar-refractivity contribution < 1.29 is 22.0 Å². The van der Waals surface area contributed by atoms with E-state index in [1.807, 2.05) is 0 Å². The van der Waals surface area contributed by atoms with Gasteiger partial charge in [0, 0.05) is 16.9 Å². The van der Waals surface area contributed by atoms with Crippen LogP contribution in [-0.2, 0) is 15.6 Å². The van der Waals surface area contributed by atoms with Crippen molar-refractivity contribution in [1.29, 1.82) is 0 Å². The molecule has 0 fully saturated rings. The summed E-state index contributed by atoms with van der Waals surface area (Å²) in [7, 11) is 0.929. The van der Waals surface area contributed by atoms with E-state index in [1.54, 1.807) is 0 Å². The summed E-state index contributed by atoms with van der Waals surface area (Å²) in [6.45, 7) is -0.829. The van der Waals surface area contributed by atoms with E-state index >= 15 is 0 Å². The number of nitrogens with two attached hydrogens (primary N) is 1. The Morgan fingerprint density at radius 1 is 1.56 bits per heavy atom. The van der Waals surface area contributed by atoms with Crippen LogP contribution in [0.1, 0.15) is 10.5 Å². The van der Waals surface area contributed by atoms with Crippen molar-refractivity contribution in [1.82, 2.24) is 4.57 Å². The lowest BCUT2D eigenvalue weighted by molar-refractivity contribution is 0.0976. The summed E-state index contributed by atoms with van der Waals surface area (Å²) in [5.41, 5.74) is 4.57. The summed E-state index contributed by atoms with van der Waals surface area (Å²) in [5.74, 6) is -1.01. The van der Waals surface area contributed by atoms with Crippen LogP contribution in [0.25, 0.3) is 0 Å². The van der Waals surface area contributed by atoms with Gasteiger partial charge in [-0.3, -0.25) is 4.79 Å². The molecule has 9 heteroatoms. The molecule has 0 saturated carbocycles. The van der Waals surface area contributed by atoms with Crippen molar-refractivity contribution in [3.63, 3.8) is 0 Å². The highest BCUT2D eigenvalue weighted by Gasteiger charge is 2.20. The van der Waals surface area contributed by atoms with Gasteiger partial charge in [-0.15, -0.1) is 0 Å². The first-order chi connectivity index (χ1) is 7.21. The molecule has 0 unspecified atom stereocenters. The van der Waals surface area contributed by atoms with E-state index in [0.29, 0.717) is 0 Å². The zero-order chi connectivity index (χ0) is 12.5. The van der Waals surface area contributed by atoms with Crippen LogP contribution in [-0.4, -0.2) is 25.3 Å². The number of halogens is 3. The van der Waals surface area contributed by atoms with Crippen molar-refractivity contribution >= 4 is 25.6 Å². The number of alkyl halides is 2. The van der Waals surface area contributed by atoms with Crippen molar-refractivity contribution in [3.05, 3.63) is 18.0 Å². The minimum atomic E-state index is -4.08. The van der Waals surface area contributed by atoms with E-state index in [2.05, 4.69) is 0 Å². The summed E-state index contributed by atoms with van der Waals surface area (Å²) in [5, 5.41) is 0. The second-order valence-corrected chi connectivity index (χ2v) is 5.47. The van der Waals surface area contributed by atoms with Crippen LogP contribution in [0, 0.1) is 0 Å². The molecule has 0 radical (unpaired) electrons. The van der Waals surface area contributed by atoms with Crippen molar-refractivity contribution in [3.8, 4) is 0 Å². The predicted octanol–water partition coefficient (Wildman–Crippen LogP) is 0.780. The second-order valence-electron chi connectivity index (χ2n) is 2.91. The Balaban J connectivity index is 3.26. The molecule has 2 N–H and O–H groups in total. The Hall–Kier alpha value is -1.15. The van der Waals surface area contributed by atoms with Gasteiger partial charge in [-0.1, -0.05) is 0 Å². The number of nitrogens with zero attached hydrogens (tertiary/aromatic N) is 1. The van der Waals surface area contributed by atoms with Gasteiger partial charge in [0.05, 0.1) is 6.54 Å². The lowest BCUT2D eigenvalue weighted by atomic mass is 10.4. The lowest BCUT2D eigenvalue weighted by Gasteiger charge is -2.04. The summed E-state index contributed by atoms with van der Waals surface area (Å²) >= 11 is 0. The number of hydrogen-bond donors (Lipinski definition) is 1. The van der Waals surface area contributed by atoms with Crippen LogP contribution in [0.3, 0.4) is 0 Å². The SMILES string of the molecule is NC(=O)c1cc(S(=O)(=O)Cl)cn1CC(F)F. The van der Waals surface area contributed by atoms with E-state index in [9.17, 15) is 22.0 Å². The van der Waals surface area contributed by atoms with Gasteiger partial charge in [-0.05, 0) is 6.07 Å². The number of carbonyl (C=O) groups excluding carboxylic acids is 1.